The van der Waals surface area contributed by atoms with E-state index in [2.05, 4.69) is 20.6 Å². The number of carbonyl (C=O) groups is 1. The molecule has 1 saturated heterocycles. The fraction of sp³-hybridized carbons (Fsp3) is 0.500. The van der Waals surface area contributed by atoms with Gasteiger partial charge in [0.2, 0.25) is 21.9 Å². The Bertz CT molecular complexity index is 557. The number of nitrogens with zero attached hydrogens (tertiary/aromatic N) is 3. The molecule has 0 saturated carbocycles. The lowest BCUT2D eigenvalue weighted by atomic mass is 10.4. The first-order valence-electron chi connectivity index (χ1n) is 5.80. The van der Waals surface area contributed by atoms with Crippen LogP contribution in [0.15, 0.2) is 17.3 Å². The summed E-state index contributed by atoms with van der Waals surface area (Å²) in [5.41, 5.74) is 0. The maximum absolute atomic E-state index is 12.3. The van der Waals surface area contributed by atoms with E-state index >= 15 is 0 Å². The molecule has 1 aromatic rings. The van der Waals surface area contributed by atoms with Crippen molar-refractivity contribution < 1.29 is 13.2 Å². The zero-order chi connectivity index (χ0) is 13.9. The number of nitrogens with one attached hydrogen (secondary N) is 2. The molecule has 1 aliphatic heterocycles. The number of hydrogen-bond donors (Lipinski definition) is 2. The van der Waals surface area contributed by atoms with Gasteiger partial charge in [0.25, 0.3) is 0 Å². The number of hydrogen-bond acceptors (Lipinski definition) is 6. The molecule has 0 aromatic carbocycles. The van der Waals surface area contributed by atoms with E-state index in [4.69, 9.17) is 0 Å². The van der Waals surface area contributed by atoms with Crippen molar-refractivity contribution in [2.45, 2.75) is 11.3 Å². The highest BCUT2D eigenvalue weighted by Crippen LogP contribution is 2.15. The quantitative estimate of drug-likeness (QED) is 0.740. The van der Waals surface area contributed by atoms with E-state index in [9.17, 15) is 13.2 Å². The minimum Gasteiger partial charge on any atom is -0.357 e. The van der Waals surface area contributed by atoms with Gasteiger partial charge in [0.15, 0.2) is 0 Å². The lowest BCUT2D eigenvalue weighted by molar-refractivity contribution is -0.120. The first kappa shape index (κ1) is 13.7. The van der Waals surface area contributed by atoms with Crippen molar-refractivity contribution in [3.8, 4) is 0 Å². The molecule has 1 aromatic heterocycles. The molecular weight excluding hydrogens is 270 g/mol. The molecule has 1 amide bonds. The molecule has 2 N–H and O–H groups in total. The average Bonchev–Trinajstić information content (AvgIpc) is 2.64. The summed E-state index contributed by atoms with van der Waals surface area (Å²) in [7, 11) is -2.08. The van der Waals surface area contributed by atoms with Crippen molar-refractivity contribution in [3.05, 3.63) is 12.4 Å². The van der Waals surface area contributed by atoms with Gasteiger partial charge in [-0.3, -0.25) is 4.79 Å². The van der Waals surface area contributed by atoms with Gasteiger partial charge in [-0.25, -0.2) is 18.4 Å². The van der Waals surface area contributed by atoms with E-state index in [-0.39, 0.29) is 17.3 Å². The van der Waals surface area contributed by atoms with Gasteiger partial charge >= 0.3 is 0 Å². The third-order valence-electron chi connectivity index (χ3n) is 2.72. The molecule has 0 atom stereocenters. The number of anilines is 1. The van der Waals surface area contributed by atoms with E-state index in [0.717, 1.165) is 4.31 Å². The topological polar surface area (TPSA) is 104 Å². The van der Waals surface area contributed by atoms with Gasteiger partial charge in [-0.1, -0.05) is 0 Å². The largest absolute Gasteiger partial charge is 0.357 e. The molecule has 19 heavy (non-hydrogen) atoms. The zero-order valence-electron chi connectivity index (χ0n) is 10.5. The predicted molar refractivity (Wildman–Crippen MR) is 68.0 cm³/mol. The summed E-state index contributed by atoms with van der Waals surface area (Å²) in [5.74, 6) is 0.0430. The van der Waals surface area contributed by atoms with E-state index < -0.39 is 10.0 Å². The number of sulfonamides is 1. The Labute approximate surface area is 111 Å². The second-order valence-corrected chi connectivity index (χ2v) is 5.97. The Balaban J connectivity index is 2.26. The van der Waals surface area contributed by atoms with E-state index in [1.165, 1.54) is 12.4 Å². The summed E-state index contributed by atoms with van der Waals surface area (Å²) in [6.45, 7) is 0.616. The summed E-state index contributed by atoms with van der Waals surface area (Å²) in [5, 5.41) is 5.34. The third kappa shape index (κ3) is 2.99. The van der Waals surface area contributed by atoms with Gasteiger partial charge in [0.1, 0.15) is 4.90 Å². The Hall–Kier alpha value is -1.74. The summed E-state index contributed by atoms with van der Waals surface area (Å²) < 4.78 is 25.8. The van der Waals surface area contributed by atoms with Crippen molar-refractivity contribution >= 4 is 21.9 Å². The molecule has 0 unspecified atom stereocenters. The predicted octanol–water partition coefficient (Wildman–Crippen LogP) is -0.971. The molecular formula is C10H15N5O3S. The van der Waals surface area contributed by atoms with Crippen molar-refractivity contribution in [2.75, 3.05) is 32.0 Å². The van der Waals surface area contributed by atoms with Gasteiger partial charge in [-0.15, -0.1) is 0 Å². The van der Waals surface area contributed by atoms with Crippen molar-refractivity contribution in [1.82, 2.24) is 19.6 Å². The maximum Gasteiger partial charge on any atom is 0.246 e. The fourth-order valence-corrected chi connectivity index (χ4v) is 3.04. The fourth-order valence-electron chi connectivity index (χ4n) is 1.71. The Kier molecular flexibility index (Phi) is 3.96. The van der Waals surface area contributed by atoms with Crippen LogP contribution >= 0.6 is 0 Å². The zero-order valence-corrected chi connectivity index (χ0v) is 11.3. The van der Waals surface area contributed by atoms with Crippen LogP contribution in [-0.4, -0.2) is 55.3 Å². The molecule has 9 heteroatoms. The lowest BCUT2D eigenvalue weighted by Crippen LogP contribution is -2.37. The number of aromatic nitrogens is 2. The molecule has 0 aliphatic carbocycles. The van der Waals surface area contributed by atoms with Crippen LogP contribution in [0, 0.1) is 0 Å². The molecule has 0 radical (unpaired) electrons. The molecule has 1 fully saturated rings. The third-order valence-corrected chi connectivity index (χ3v) is 4.51. The maximum atomic E-state index is 12.3. The minimum absolute atomic E-state index is 0.0128. The smallest absolute Gasteiger partial charge is 0.246 e. The van der Waals surface area contributed by atoms with Crippen LogP contribution in [0.4, 0.5) is 5.95 Å². The summed E-state index contributed by atoms with van der Waals surface area (Å²) in [6, 6.07) is 0. The Morgan fingerprint density at radius 3 is 2.68 bits per heavy atom. The van der Waals surface area contributed by atoms with E-state index in [1.54, 1.807) is 7.05 Å². The number of amides is 1. The highest BCUT2D eigenvalue weighted by Gasteiger charge is 2.28. The monoisotopic (exact) mass is 285 g/mol. The van der Waals surface area contributed by atoms with Crippen LogP contribution in [0.1, 0.15) is 6.42 Å². The highest BCUT2D eigenvalue weighted by atomic mass is 32.2. The van der Waals surface area contributed by atoms with Crippen LogP contribution < -0.4 is 10.6 Å². The van der Waals surface area contributed by atoms with Gasteiger partial charge in [0, 0.05) is 20.1 Å². The first-order valence-corrected chi connectivity index (χ1v) is 7.24. The second kappa shape index (κ2) is 5.49. The summed E-state index contributed by atoms with van der Waals surface area (Å²) in [4.78, 5) is 19.1. The second-order valence-electron chi connectivity index (χ2n) is 4.03. The van der Waals surface area contributed by atoms with Crippen LogP contribution in [0.3, 0.4) is 0 Å². The number of carbonyl (C=O) groups excluding carboxylic acids is 1. The average molecular weight is 285 g/mol. The molecule has 2 heterocycles. The molecule has 2 rings (SSSR count). The van der Waals surface area contributed by atoms with Crippen molar-refractivity contribution in [3.63, 3.8) is 0 Å². The van der Waals surface area contributed by atoms with Gasteiger partial charge in [-0.05, 0) is 6.42 Å². The molecule has 1 aliphatic rings. The van der Waals surface area contributed by atoms with Gasteiger partial charge in [0.05, 0.1) is 18.9 Å². The van der Waals surface area contributed by atoms with Crippen LogP contribution in [0.2, 0.25) is 0 Å². The van der Waals surface area contributed by atoms with Gasteiger partial charge < -0.3 is 10.6 Å². The molecule has 0 spiro atoms. The van der Waals surface area contributed by atoms with Gasteiger partial charge in [-0.2, -0.15) is 4.31 Å². The van der Waals surface area contributed by atoms with Crippen LogP contribution in [0.25, 0.3) is 0 Å². The Morgan fingerprint density at radius 2 is 2.05 bits per heavy atom. The standard InChI is InChI=1S/C10H15N5O3S/c1-11-10-13-5-8(6-14-10)19(17,18)15-4-2-3-12-9(16)7-15/h5-6H,2-4,7H2,1H3,(H,12,16)(H,11,13,14). The van der Waals surface area contributed by atoms with Crippen molar-refractivity contribution in [1.29, 1.82) is 0 Å². The SMILES string of the molecule is CNc1ncc(S(=O)(=O)N2CCCNC(=O)C2)cn1. The summed E-state index contributed by atoms with van der Waals surface area (Å²) in [6.07, 6.45) is 3.05. The first-order chi connectivity index (χ1) is 9.04. The highest BCUT2D eigenvalue weighted by molar-refractivity contribution is 7.89. The molecule has 0 bridgehead atoms. The molecule has 104 valence electrons. The van der Waals surface area contributed by atoms with Crippen LogP contribution in [0.5, 0.6) is 0 Å². The number of rotatable bonds is 3. The van der Waals surface area contributed by atoms with E-state index in [1.807, 2.05) is 0 Å². The van der Waals surface area contributed by atoms with Crippen LogP contribution in [-0.2, 0) is 14.8 Å². The molecule has 8 nitrogen and oxygen atoms in total. The Morgan fingerprint density at radius 1 is 1.37 bits per heavy atom. The lowest BCUT2D eigenvalue weighted by Gasteiger charge is -2.18. The van der Waals surface area contributed by atoms with Crippen molar-refractivity contribution in [2.24, 2.45) is 0 Å². The minimum atomic E-state index is -3.72. The normalized spacial score (nSPS) is 17.6. The summed E-state index contributed by atoms with van der Waals surface area (Å²) >= 11 is 0. The van der Waals surface area contributed by atoms with E-state index in [0.29, 0.717) is 25.5 Å².